The van der Waals surface area contributed by atoms with Gasteiger partial charge in [0.25, 0.3) is 0 Å². The summed E-state index contributed by atoms with van der Waals surface area (Å²) in [5.74, 6) is -0.139. The normalized spacial score (nSPS) is 24.9. The maximum atomic E-state index is 13.0. The fraction of sp³-hybridized carbons (Fsp3) is 0.538. The number of benzene rings is 1. The molecule has 3 N–H and O–H groups in total. The third-order valence-electron chi connectivity index (χ3n) is 3.69. The van der Waals surface area contributed by atoms with E-state index < -0.39 is 17.8 Å². The molecule has 106 valence electrons. The van der Waals surface area contributed by atoms with Crippen molar-refractivity contribution in [3.05, 3.63) is 29.3 Å². The lowest BCUT2D eigenvalue weighted by atomic mass is 9.94. The molecule has 0 bridgehead atoms. The van der Waals surface area contributed by atoms with Crippen molar-refractivity contribution in [2.75, 3.05) is 20.1 Å². The van der Waals surface area contributed by atoms with Gasteiger partial charge in [0.2, 0.25) is 0 Å². The highest BCUT2D eigenvalue weighted by molar-refractivity contribution is 5.43. The first-order chi connectivity index (χ1) is 8.84. The van der Waals surface area contributed by atoms with Gasteiger partial charge in [-0.05, 0) is 38.1 Å². The molecule has 1 aliphatic heterocycles. The Morgan fingerprint density at radius 1 is 1.42 bits per heavy atom. The van der Waals surface area contributed by atoms with E-state index in [1.807, 2.05) is 4.90 Å². The summed E-state index contributed by atoms with van der Waals surface area (Å²) in [6.45, 7) is 1.09. The second-order valence-electron chi connectivity index (χ2n) is 5.03. The molecule has 2 atom stereocenters. The Morgan fingerprint density at radius 3 is 2.63 bits per heavy atom. The highest BCUT2D eigenvalue weighted by atomic mass is 19.4. The van der Waals surface area contributed by atoms with Crippen LogP contribution in [0.3, 0.4) is 0 Å². The van der Waals surface area contributed by atoms with Crippen molar-refractivity contribution in [1.82, 2.24) is 4.90 Å². The fourth-order valence-electron chi connectivity index (χ4n) is 2.76. The van der Waals surface area contributed by atoms with Gasteiger partial charge in [-0.2, -0.15) is 13.2 Å². The SMILES string of the molecule is CN1CC(CN)CC1c1c(O)cccc1C(F)(F)F. The van der Waals surface area contributed by atoms with Crippen LogP contribution in [0.5, 0.6) is 5.75 Å². The molecule has 1 aromatic rings. The van der Waals surface area contributed by atoms with E-state index in [-0.39, 0.29) is 17.2 Å². The van der Waals surface area contributed by atoms with E-state index in [0.29, 0.717) is 19.5 Å². The van der Waals surface area contributed by atoms with Gasteiger partial charge in [-0.25, -0.2) is 0 Å². The summed E-state index contributed by atoms with van der Waals surface area (Å²) in [5.41, 5.74) is 4.79. The smallest absolute Gasteiger partial charge is 0.416 e. The van der Waals surface area contributed by atoms with E-state index in [1.165, 1.54) is 12.1 Å². The molecule has 1 aliphatic rings. The molecule has 19 heavy (non-hydrogen) atoms. The molecule has 1 aromatic carbocycles. The number of nitrogens with two attached hydrogens (primary N) is 1. The average Bonchev–Trinajstić information content (AvgIpc) is 2.69. The maximum absolute atomic E-state index is 13.0. The van der Waals surface area contributed by atoms with E-state index in [4.69, 9.17) is 5.73 Å². The van der Waals surface area contributed by atoms with Gasteiger partial charge in [0.1, 0.15) is 5.75 Å². The van der Waals surface area contributed by atoms with Crippen LogP contribution >= 0.6 is 0 Å². The van der Waals surface area contributed by atoms with Crippen molar-refractivity contribution in [2.45, 2.75) is 18.6 Å². The van der Waals surface area contributed by atoms with Crippen LogP contribution in [-0.2, 0) is 6.18 Å². The number of phenols is 1. The van der Waals surface area contributed by atoms with Crippen LogP contribution in [-0.4, -0.2) is 30.1 Å². The van der Waals surface area contributed by atoms with Gasteiger partial charge in [-0.15, -0.1) is 0 Å². The first-order valence-electron chi connectivity index (χ1n) is 6.14. The van der Waals surface area contributed by atoms with Crippen LogP contribution in [0.25, 0.3) is 0 Å². The van der Waals surface area contributed by atoms with Crippen LogP contribution in [0.4, 0.5) is 13.2 Å². The van der Waals surface area contributed by atoms with Gasteiger partial charge in [0.15, 0.2) is 0 Å². The Hall–Kier alpha value is -1.27. The lowest BCUT2D eigenvalue weighted by molar-refractivity contribution is -0.138. The molecule has 1 heterocycles. The van der Waals surface area contributed by atoms with Gasteiger partial charge in [-0.1, -0.05) is 6.07 Å². The molecule has 3 nitrogen and oxygen atoms in total. The number of hydrogen-bond donors (Lipinski definition) is 2. The van der Waals surface area contributed by atoms with Crippen molar-refractivity contribution < 1.29 is 18.3 Å². The van der Waals surface area contributed by atoms with Gasteiger partial charge < -0.3 is 10.8 Å². The van der Waals surface area contributed by atoms with Crippen LogP contribution < -0.4 is 5.73 Å². The molecule has 0 aliphatic carbocycles. The molecule has 1 fully saturated rings. The van der Waals surface area contributed by atoms with Gasteiger partial charge >= 0.3 is 6.18 Å². The predicted octanol–water partition coefficient (Wildman–Crippen LogP) is 2.36. The number of alkyl halides is 3. The number of halogens is 3. The summed E-state index contributed by atoms with van der Waals surface area (Å²) in [6.07, 6.45) is -3.93. The van der Waals surface area contributed by atoms with E-state index in [9.17, 15) is 18.3 Å². The number of nitrogens with zero attached hydrogens (tertiary/aromatic N) is 1. The molecular formula is C13H17F3N2O. The summed E-state index contributed by atoms with van der Waals surface area (Å²) in [7, 11) is 1.76. The quantitative estimate of drug-likeness (QED) is 0.870. The Bertz CT molecular complexity index is 462. The fourth-order valence-corrected chi connectivity index (χ4v) is 2.76. The number of hydrogen-bond acceptors (Lipinski definition) is 3. The molecule has 0 amide bonds. The molecule has 0 spiro atoms. The van der Waals surface area contributed by atoms with Crippen molar-refractivity contribution >= 4 is 0 Å². The standard InChI is InChI=1S/C13H17F3N2O/c1-18-7-8(6-17)5-10(18)12-9(13(14,15)16)3-2-4-11(12)19/h2-4,8,10,19H,5-7,17H2,1H3. The predicted molar refractivity (Wildman–Crippen MR) is 65.6 cm³/mol. The number of aromatic hydroxyl groups is 1. The second kappa shape index (κ2) is 5.02. The summed E-state index contributed by atoms with van der Waals surface area (Å²) < 4.78 is 39.1. The van der Waals surface area contributed by atoms with Crippen molar-refractivity contribution in [1.29, 1.82) is 0 Å². The highest BCUT2D eigenvalue weighted by Gasteiger charge is 2.40. The number of phenolic OH excluding ortho intramolecular Hbond substituents is 1. The molecule has 2 unspecified atom stereocenters. The van der Waals surface area contributed by atoms with Gasteiger partial charge in [0.05, 0.1) is 5.56 Å². The minimum absolute atomic E-state index is 0.0338. The van der Waals surface area contributed by atoms with Crippen LogP contribution in [0.1, 0.15) is 23.6 Å². The Kier molecular flexibility index (Phi) is 3.73. The molecule has 2 rings (SSSR count). The van der Waals surface area contributed by atoms with E-state index in [1.54, 1.807) is 7.05 Å². The molecular weight excluding hydrogens is 257 g/mol. The summed E-state index contributed by atoms with van der Waals surface area (Å²) in [4.78, 5) is 1.82. The van der Waals surface area contributed by atoms with Crippen LogP contribution in [0.2, 0.25) is 0 Å². The van der Waals surface area contributed by atoms with E-state index in [2.05, 4.69) is 0 Å². The lowest BCUT2D eigenvalue weighted by Crippen LogP contribution is -2.22. The van der Waals surface area contributed by atoms with Crippen molar-refractivity contribution in [3.63, 3.8) is 0 Å². The Morgan fingerprint density at radius 2 is 2.11 bits per heavy atom. The second-order valence-corrected chi connectivity index (χ2v) is 5.03. The largest absolute Gasteiger partial charge is 0.508 e. The minimum Gasteiger partial charge on any atom is -0.508 e. The Labute approximate surface area is 109 Å². The summed E-state index contributed by atoms with van der Waals surface area (Å²) >= 11 is 0. The number of rotatable bonds is 2. The first-order valence-corrected chi connectivity index (χ1v) is 6.14. The number of likely N-dealkylation sites (tertiary alicyclic amines) is 1. The molecule has 0 radical (unpaired) electrons. The molecule has 0 saturated carbocycles. The minimum atomic E-state index is -4.46. The topological polar surface area (TPSA) is 49.5 Å². The zero-order chi connectivity index (χ0) is 14.2. The van der Waals surface area contributed by atoms with Gasteiger partial charge in [0, 0.05) is 18.2 Å². The van der Waals surface area contributed by atoms with Gasteiger partial charge in [-0.3, -0.25) is 4.90 Å². The van der Waals surface area contributed by atoms with Crippen LogP contribution in [0.15, 0.2) is 18.2 Å². The van der Waals surface area contributed by atoms with E-state index in [0.717, 1.165) is 6.07 Å². The highest BCUT2D eigenvalue weighted by Crippen LogP contribution is 2.44. The average molecular weight is 274 g/mol. The zero-order valence-corrected chi connectivity index (χ0v) is 10.6. The molecule has 1 saturated heterocycles. The third-order valence-corrected chi connectivity index (χ3v) is 3.69. The van der Waals surface area contributed by atoms with Crippen molar-refractivity contribution in [2.24, 2.45) is 11.7 Å². The zero-order valence-electron chi connectivity index (χ0n) is 10.6. The summed E-state index contributed by atoms with van der Waals surface area (Å²) in [6, 6.07) is 3.09. The first kappa shape index (κ1) is 14.1. The maximum Gasteiger partial charge on any atom is 0.416 e. The molecule has 0 aromatic heterocycles. The monoisotopic (exact) mass is 274 g/mol. The lowest BCUT2D eigenvalue weighted by Gasteiger charge is -2.24. The molecule has 6 heteroatoms. The van der Waals surface area contributed by atoms with Crippen LogP contribution in [0, 0.1) is 5.92 Å². The third kappa shape index (κ3) is 2.69. The van der Waals surface area contributed by atoms with E-state index >= 15 is 0 Å². The van der Waals surface area contributed by atoms with Crippen molar-refractivity contribution in [3.8, 4) is 5.75 Å². The summed E-state index contributed by atoms with van der Waals surface area (Å²) in [5, 5.41) is 9.83. The Balaban J connectivity index is 2.45.